The molecule has 2 amide bonds. The molecule has 152 valence electrons. The van der Waals surface area contributed by atoms with Crippen LogP contribution in [0.25, 0.3) is 0 Å². The molecule has 28 heavy (non-hydrogen) atoms. The quantitative estimate of drug-likeness (QED) is 0.845. The molecular formula is C22H31N3O3. The number of piperidine rings is 2. The van der Waals surface area contributed by atoms with Gasteiger partial charge in [-0.15, -0.1) is 0 Å². The van der Waals surface area contributed by atoms with Crippen LogP contribution >= 0.6 is 0 Å². The third kappa shape index (κ3) is 3.12. The first-order valence-corrected chi connectivity index (χ1v) is 10.5. The Morgan fingerprint density at radius 3 is 2.21 bits per heavy atom. The standard InChI is InChI=1S/C22H31N3O3/c1-17-5-7-18(8-6-17)24-13-3-9-21(19(24)26)10-4-14-25(21)20(27)22(28)11-15-23(2)16-12-22/h5-8,28H,3-4,9-16H2,1-2H3. The number of carbonyl (C=O) groups is 2. The highest BCUT2D eigenvalue weighted by atomic mass is 16.3. The van der Waals surface area contributed by atoms with Gasteiger partial charge in [0, 0.05) is 31.9 Å². The average molecular weight is 386 g/mol. The molecule has 1 unspecified atom stereocenters. The van der Waals surface area contributed by atoms with Crippen LogP contribution in [0.4, 0.5) is 5.69 Å². The molecule has 3 fully saturated rings. The van der Waals surface area contributed by atoms with Gasteiger partial charge in [-0.3, -0.25) is 9.59 Å². The average Bonchev–Trinajstić information content (AvgIpc) is 3.11. The molecule has 6 nitrogen and oxygen atoms in total. The molecule has 3 aliphatic heterocycles. The Hall–Kier alpha value is -1.92. The van der Waals surface area contributed by atoms with Gasteiger partial charge in [-0.25, -0.2) is 0 Å². The van der Waals surface area contributed by atoms with Crippen LogP contribution in [0.3, 0.4) is 0 Å². The zero-order chi connectivity index (χ0) is 19.9. The first-order chi connectivity index (χ1) is 13.4. The van der Waals surface area contributed by atoms with E-state index in [2.05, 4.69) is 4.90 Å². The Morgan fingerprint density at radius 1 is 0.964 bits per heavy atom. The van der Waals surface area contributed by atoms with Crippen molar-refractivity contribution in [3.8, 4) is 0 Å². The van der Waals surface area contributed by atoms with Crippen LogP contribution in [0.1, 0.15) is 44.1 Å². The van der Waals surface area contributed by atoms with E-state index < -0.39 is 11.1 Å². The van der Waals surface area contributed by atoms with Crippen LogP contribution in [-0.2, 0) is 9.59 Å². The summed E-state index contributed by atoms with van der Waals surface area (Å²) in [6.45, 7) is 4.67. The Labute approximate surface area is 167 Å². The largest absolute Gasteiger partial charge is 0.380 e. The molecule has 1 aromatic rings. The van der Waals surface area contributed by atoms with E-state index in [-0.39, 0.29) is 11.8 Å². The molecule has 0 saturated carbocycles. The highest BCUT2D eigenvalue weighted by Crippen LogP contribution is 2.41. The van der Waals surface area contributed by atoms with Crippen molar-refractivity contribution in [2.45, 2.75) is 56.6 Å². The van der Waals surface area contributed by atoms with E-state index in [1.807, 2.05) is 43.1 Å². The van der Waals surface area contributed by atoms with Crippen LogP contribution in [0.5, 0.6) is 0 Å². The maximum absolute atomic E-state index is 13.6. The van der Waals surface area contributed by atoms with Crippen LogP contribution < -0.4 is 4.90 Å². The number of amides is 2. The fourth-order valence-electron chi connectivity index (χ4n) is 5.07. The van der Waals surface area contributed by atoms with Crippen LogP contribution in [-0.4, -0.2) is 71.1 Å². The fourth-order valence-corrected chi connectivity index (χ4v) is 5.07. The SMILES string of the molecule is Cc1ccc(N2CCCC3(CCCN3C(=O)C3(O)CCN(C)CC3)C2=O)cc1. The summed E-state index contributed by atoms with van der Waals surface area (Å²) in [4.78, 5) is 32.8. The highest BCUT2D eigenvalue weighted by molar-refractivity contribution is 6.04. The lowest BCUT2D eigenvalue weighted by Gasteiger charge is -2.47. The molecule has 1 atom stereocenters. The van der Waals surface area contributed by atoms with E-state index in [9.17, 15) is 14.7 Å². The normalized spacial score (nSPS) is 28.2. The Bertz CT molecular complexity index is 755. The molecule has 0 bridgehead atoms. The Morgan fingerprint density at radius 2 is 1.57 bits per heavy atom. The molecular weight excluding hydrogens is 354 g/mol. The van der Waals surface area contributed by atoms with Crippen molar-refractivity contribution in [1.29, 1.82) is 0 Å². The van der Waals surface area contributed by atoms with Crippen molar-refractivity contribution in [2.24, 2.45) is 0 Å². The Balaban J connectivity index is 1.61. The van der Waals surface area contributed by atoms with Crippen molar-refractivity contribution in [1.82, 2.24) is 9.80 Å². The summed E-state index contributed by atoms with van der Waals surface area (Å²) in [6, 6.07) is 8.00. The first-order valence-electron chi connectivity index (χ1n) is 10.5. The third-order valence-corrected chi connectivity index (χ3v) is 6.91. The molecule has 0 aromatic heterocycles. The first kappa shape index (κ1) is 19.4. The van der Waals surface area contributed by atoms with Gasteiger partial charge >= 0.3 is 0 Å². The number of hydrogen-bond acceptors (Lipinski definition) is 4. The lowest BCUT2D eigenvalue weighted by molar-refractivity contribution is -0.164. The number of anilines is 1. The van der Waals surface area contributed by atoms with Gasteiger partial charge in [-0.2, -0.15) is 0 Å². The van der Waals surface area contributed by atoms with Crippen LogP contribution in [0, 0.1) is 6.92 Å². The molecule has 1 aromatic carbocycles. The van der Waals surface area contributed by atoms with Gasteiger partial charge in [0.1, 0.15) is 11.1 Å². The van der Waals surface area contributed by atoms with Gasteiger partial charge in [0.05, 0.1) is 0 Å². The monoisotopic (exact) mass is 385 g/mol. The summed E-state index contributed by atoms with van der Waals surface area (Å²) in [5, 5.41) is 11.1. The van der Waals surface area contributed by atoms with Gasteiger partial charge in [-0.05, 0) is 64.6 Å². The summed E-state index contributed by atoms with van der Waals surface area (Å²) in [7, 11) is 2.01. The van der Waals surface area contributed by atoms with Crippen molar-refractivity contribution in [2.75, 3.05) is 38.1 Å². The van der Waals surface area contributed by atoms with Crippen LogP contribution in [0.15, 0.2) is 24.3 Å². The molecule has 0 radical (unpaired) electrons. The maximum Gasteiger partial charge on any atom is 0.255 e. The molecule has 4 rings (SSSR count). The topological polar surface area (TPSA) is 64.1 Å². The number of aliphatic hydroxyl groups is 1. The van der Waals surface area contributed by atoms with E-state index >= 15 is 0 Å². The number of hydrogen-bond donors (Lipinski definition) is 1. The minimum Gasteiger partial charge on any atom is -0.380 e. The second kappa shape index (κ2) is 7.16. The van der Waals surface area contributed by atoms with Gasteiger partial charge in [0.2, 0.25) is 0 Å². The van der Waals surface area contributed by atoms with Gasteiger partial charge < -0.3 is 19.8 Å². The molecule has 0 aliphatic carbocycles. The minimum absolute atomic E-state index is 0.0185. The minimum atomic E-state index is -1.34. The third-order valence-electron chi connectivity index (χ3n) is 6.91. The summed E-state index contributed by atoms with van der Waals surface area (Å²) in [5.74, 6) is -0.220. The molecule has 3 saturated heterocycles. The molecule has 6 heteroatoms. The number of benzene rings is 1. The maximum atomic E-state index is 13.6. The van der Waals surface area contributed by atoms with Gasteiger partial charge in [0.15, 0.2) is 0 Å². The van der Waals surface area contributed by atoms with Crippen molar-refractivity contribution >= 4 is 17.5 Å². The number of aryl methyl sites for hydroxylation is 1. The molecule has 1 spiro atoms. The van der Waals surface area contributed by atoms with E-state index in [4.69, 9.17) is 0 Å². The Kier molecular flexibility index (Phi) is 4.96. The molecule has 3 heterocycles. The van der Waals surface area contributed by atoms with Crippen molar-refractivity contribution in [3.05, 3.63) is 29.8 Å². The molecule has 3 aliphatic rings. The summed E-state index contributed by atoms with van der Waals surface area (Å²) >= 11 is 0. The summed E-state index contributed by atoms with van der Waals surface area (Å²) in [5.41, 5.74) is -0.0766. The number of carbonyl (C=O) groups excluding carboxylic acids is 2. The lowest BCUT2D eigenvalue weighted by atomic mass is 9.82. The summed E-state index contributed by atoms with van der Waals surface area (Å²) < 4.78 is 0. The lowest BCUT2D eigenvalue weighted by Crippen LogP contribution is -2.65. The van der Waals surface area contributed by atoms with Gasteiger partial charge in [-0.1, -0.05) is 17.7 Å². The van der Waals surface area contributed by atoms with E-state index in [1.54, 1.807) is 4.90 Å². The van der Waals surface area contributed by atoms with Crippen molar-refractivity contribution < 1.29 is 14.7 Å². The number of likely N-dealkylation sites (tertiary alicyclic amines) is 2. The zero-order valence-electron chi connectivity index (χ0n) is 17.0. The van der Waals surface area contributed by atoms with Gasteiger partial charge in [0.25, 0.3) is 11.8 Å². The predicted molar refractivity (Wildman–Crippen MR) is 108 cm³/mol. The second-order valence-electron chi connectivity index (χ2n) is 8.82. The predicted octanol–water partition coefficient (Wildman–Crippen LogP) is 1.94. The van der Waals surface area contributed by atoms with E-state index in [1.165, 1.54) is 0 Å². The fraction of sp³-hybridized carbons (Fsp3) is 0.636. The second-order valence-corrected chi connectivity index (χ2v) is 8.82. The number of nitrogens with zero attached hydrogens (tertiary/aromatic N) is 3. The summed E-state index contributed by atoms with van der Waals surface area (Å²) in [6.07, 6.45) is 3.93. The van der Waals surface area contributed by atoms with Crippen molar-refractivity contribution in [3.63, 3.8) is 0 Å². The van der Waals surface area contributed by atoms with E-state index in [0.29, 0.717) is 51.9 Å². The van der Waals surface area contributed by atoms with Crippen LogP contribution in [0.2, 0.25) is 0 Å². The number of rotatable bonds is 2. The zero-order valence-corrected chi connectivity index (χ0v) is 17.0. The smallest absolute Gasteiger partial charge is 0.255 e. The molecule has 1 N–H and O–H groups in total. The highest BCUT2D eigenvalue weighted by Gasteiger charge is 2.56. The van der Waals surface area contributed by atoms with E-state index in [0.717, 1.165) is 24.1 Å².